The Morgan fingerprint density at radius 2 is 1.79 bits per heavy atom. The molecule has 0 aliphatic carbocycles. The number of morpholine rings is 1. The molecule has 134 valence electrons. The number of rotatable bonds is 7. The highest BCUT2D eigenvalue weighted by Crippen LogP contribution is 2.25. The molecule has 0 spiro atoms. The van der Waals surface area contributed by atoms with E-state index in [1.165, 1.54) is 5.56 Å². The Kier molecular flexibility index (Phi) is 7.34. The predicted octanol–water partition coefficient (Wildman–Crippen LogP) is 1.62. The first kappa shape index (κ1) is 18.5. The van der Waals surface area contributed by atoms with Crippen LogP contribution in [0.4, 0.5) is 4.79 Å². The maximum atomic E-state index is 11.8. The van der Waals surface area contributed by atoms with E-state index in [1.807, 2.05) is 6.92 Å². The number of nitrogens with zero attached hydrogens (tertiary/aromatic N) is 1. The summed E-state index contributed by atoms with van der Waals surface area (Å²) in [5.74, 6) is 0.921. The lowest BCUT2D eigenvalue weighted by Gasteiger charge is -2.26. The predicted molar refractivity (Wildman–Crippen MR) is 94.8 cm³/mol. The lowest BCUT2D eigenvalue weighted by Crippen LogP contribution is -2.44. The van der Waals surface area contributed by atoms with Crippen LogP contribution in [0.1, 0.15) is 16.7 Å². The number of nitrogens with one attached hydrogen (secondary N) is 2. The third-order valence-corrected chi connectivity index (χ3v) is 4.32. The van der Waals surface area contributed by atoms with E-state index < -0.39 is 0 Å². The molecule has 0 bridgehead atoms. The van der Waals surface area contributed by atoms with Crippen molar-refractivity contribution in [2.24, 2.45) is 0 Å². The van der Waals surface area contributed by atoms with Gasteiger partial charge in [0.15, 0.2) is 0 Å². The fourth-order valence-electron chi connectivity index (χ4n) is 2.68. The first-order chi connectivity index (χ1) is 11.6. The molecule has 0 radical (unpaired) electrons. The minimum absolute atomic E-state index is 0.149. The van der Waals surface area contributed by atoms with Gasteiger partial charge in [0.1, 0.15) is 12.4 Å². The summed E-state index contributed by atoms with van der Waals surface area (Å²) >= 11 is 0. The number of carbonyl (C=O) groups excluding carboxylic acids is 1. The Bertz CT molecular complexity index is 543. The average molecular weight is 335 g/mol. The second-order valence-electron chi connectivity index (χ2n) is 6.14. The van der Waals surface area contributed by atoms with E-state index in [0.29, 0.717) is 19.7 Å². The number of urea groups is 1. The van der Waals surface area contributed by atoms with Crippen LogP contribution in [0.5, 0.6) is 5.75 Å². The summed E-state index contributed by atoms with van der Waals surface area (Å²) in [5, 5.41) is 5.70. The molecule has 1 heterocycles. The van der Waals surface area contributed by atoms with Crippen LogP contribution in [0.25, 0.3) is 0 Å². The number of aryl methyl sites for hydroxylation is 2. The van der Waals surface area contributed by atoms with Gasteiger partial charge < -0.3 is 20.1 Å². The van der Waals surface area contributed by atoms with Crippen molar-refractivity contribution in [1.29, 1.82) is 0 Å². The molecule has 0 atom stereocenters. The van der Waals surface area contributed by atoms with Crippen molar-refractivity contribution < 1.29 is 14.3 Å². The van der Waals surface area contributed by atoms with Gasteiger partial charge in [-0.15, -0.1) is 0 Å². The number of ether oxygens (including phenoxy) is 2. The molecule has 0 unspecified atom stereocenters. The van der Waals surface area contributed by atoms with Crippen molar-refractivity contribution in [3.63, 3.8) is 0 Å². The highest BCUT2D eigenvalue weighted by atomic mass is 16.5. The summed E-state index contributed by atoms with van der Waals surface area (Å²) in [6, 6.07) is 4.01. The van der Waals surface area contributed by atoms with Gasteiger partial charge in [-0.2, -0.15) is 0 Å². The molecule has 1 aromatic rings. The standard InChI is InChI=1S/C18H29N3O3/c1-14-4-5-15(2)17(16(14)3)24-11-7-20-18(22)19-6-8-21-9-12-23-13-10-21/h4-5H,6-13H2,1-3H3,(H2,19,20,22). The maximum absolute atomic E-state index is 11.8. The summed E-state index contributed by atoms with van der Waals surface area (Å²) in [7, 11) is 0. The maximum Gasteiger partial charge on any atom is 0.314 e. The molecular weight excluding hydrogens is 306 g/mol. The molecule has 1 fully saturated rings. The van der Waals surface area contributed by atoms with Gasteiger partial charge in [-0.3, -0.25) is 4.90 Å². The molecule has 1 aromatic carbocycles. The number of amides is 2. The van der Waals surface area contributed by atoms with Gasteiger partial charge in [-0.1, -0.05) is 12.1 Å². The number of carbonyl (C=O) groups is 1. The Balaban J connectivity index is 1.60. The third-order valence-electron chi connectivity index (χ3n) is 4.32. The van der Waals surface area contributed by atoms with E-state index in [-0.39, 0.29) is 6.03 Å². The van der Waals surface area contributed by atoms with Crippen LogP contribution in [-0.2, 0) is 4.74 Å². The van der Waals surface area contributed by atoms with Gasteiger partial charge in [0.25, 0.3) is 0 Å². The van der Waals surface area contributed by atoms with Crippen molar-refractivity contribution >= 4 is 6.03 Å². The number of hydrogen-bond acceptors (Lipinski definition) is 4. The third kappa shape index (κ3) is 5.69. The molecular formula is C18H29N3O3. The molecule has 1 aliphatic heterocycles. The lowest BCUT2D eigenvalue weighted by atomic mass is 10.1. The smallest absolute Gasteiger partial charge is 0.314 e. The molecule has 2 amide bonds. The Morgan fingerprint density at radius 3 is 2.54 bits per heavy atom. The Hall–Kier alpha value is -1.79. The quantitative estimate of drug-likeness (QED) is 0.744. The molecule has 24 heavy (non-hydrogen) atoms. The van der Waals surface area contributed by atoms with Crippen LogP contribution in [0.2, 0.25) is 0 Å². The van der Waals surface area contributed by atoms with E-state index in [2.05, 4.69) is 41.5 Å². The number of benzene rings is 1. The minimum Gasteiger partial charge on any atom is -0.491 e. The summed E-state index contributed by atoms with van der Waals surface area (Å²) in [6.07, 6.45) is 0. The SMILES string of the molecule is Cc1ccc(C)c(OCCNC(=O)NCCN2CCOCC2)c1C. The van der Waals surface area contributed by atoms with E-state index in [4.69, 9.17) is 9.47 Å². The van der Waals surface area contributed by atoms with Crippen molar-refractivity contribution in [2.75, 3.05) is 52.5 Å². The Morgan fingerprint density at radius 1 is 1.12 bits per heavy atom. The molecule has 2 rings (SSSR count). The molecule has 0 saturated carbocycles. The highest BCUT2D eigenvalue weighted by Gasteiger charge is 2.10. The average Bonchev–Trinajstić information content (AvgIpc) is 2.58. The van der Waals surface area contributed by atoms with Gasteiger partial charge in [-0.05, 0) is 37.5 Å². The summed E-state index contributed by atoms with van der Waals surface area (Å²) in [5.41, 5.74) is 3.49. The Labute approximate surface area is 144 Å². The zero-order chi connectivity index (χ0) is 17.4. The normalized spacial score (nSPS) is 15.1. The fraction of sp³-hybridized carbons (Fsp3) is 0.611. The van der Waals surface area contributed by atoms with Crippen LogP contribution in [-0.4, -0.2) is 63.5 Å². The largest absolute Gasteiger partial charge is 0.491 e. The van der Waals surface area contributed by atoms with Gasteiger partial charge >= 0.3 is 6.03 Å². The molecule has 1 saturated heterocycles. The first-order valence-corrected chi connectivity index (χ1v) is 8.59. The van der Waals surface area contributed by atoms with Crippen molar-refractivity contribution in [3.05, 3.63) is 28.8 Å². The van der Waals surface area contributed by atoms with Crippen LogP contribution in [0.3, 0.4) is 0 Å². The van der Waals surface area contributed by atoms with Gasteiger partial charge in [0.2, 0.25) is 0 Å². The van der Waals surface area contributed by atoms with Gasteiger partial charge in [-0.25, -0.2) is 4.79 Å². The van der Waals surface area contributed by atoms with E-state index in [0.717, 1.165) is 49.7 Å². The summed E-state index contributed by atoms with van der Waals surface area (Å²) in [6.45, 7) is 12.0. The van der Waals surface area contributed by atoms with Crippen LogP contribution < -0.4 is 15.4 Å². The van der Waals surface area contributed by atoms with Crippen molar-refractivity contribution in [1.82, 2.24) is 15.5 Å². The fourth-order valence-corrected chi connectivity index (χ4v) is 2.68. The first-order valence-electron chi connectivity index (χ1n) is 8.59. The minimum atomic E-state index is -0.149. The topological polar surface area (TPSA) is 62.8 Å². The second-order valence-corrected chi connectivity index (χ2v) is 6.14. The van der Waals surface area contributed by atoms with E-state index >= 15 is 0 Å². The number of hydrogen-bond donors (Lipinski definition) is 2. The van der Waals surface area contributed by atoms with Crippen molar-refractivity contribution in [3.8, 4) is 5.75 Å². The summed E-state index contributed by atoms with van der Waals surface area (Å²) in [4.78, 5) is 14.1. The molecule has 0 aromatic heterocycles. The van der Waals surface area contributed by atoms with Crippen LogP contribution in [0, 0.1) is 20.8 Å². The molecule has 6 heteroatoms. The lowest BCUT2D eigenvalue weighted by molar-refractivity contribution is 0.0387. The second kappa shape index (κ2) is 9.49. The molecule has 1 aliphatic rings. The van der Waals surface area contributed by atoms with Crippen LogP contribution >= 0.6 is 0 Å². The monoisotopic (exact) mass is 335 g/mol. The van der Waals surface area contributed by atoms with Crippen LogP contribution in [0.15, 0.2) is 12.1 Å². The zero-order valence-electron chi connectivity index (χ0n) is 15.0. The van der Waals surface area contributed by atoms with E-state index in [9.17, 15) is 4.79 Å². The zero-order valence-corrected chi connectivity index (χ0v) is 15.0. The molecule has 2 N–H and O–H groups in total. The van der Waals surface area contributed by atoms with Gasteiger partial charge in [0, 0.05) is 26.2 Å². The summed E-state index contributed by atoms with van der Waals surface area (Å²) < 4.78 is 11.1. The van der Waals surface area contributed by atoms with E-state index in [1.54, 1.807) is 0 Å². The van der Waals surface area contributed by atoms with Crippen molar-refractivity contribution in [2.45, 2.75) is 20.8 Å². The highest BCUT2D eigenvalue weighted by molar-refractivity contribution is 5.73. The van der Waals surface area contributed by atoms with Gasteiger partial charge in [0.05, 0.1) is 19.8 Å². The molecule has 6 nitrogen and oxygen atoms in total.